The lowest BCUT2D eigenvalue weighted by molar-refractivity contribution is 0.215. The molecule has 1 aliphatic heterocycles. The number of nitrogens with one attached hydrogen (secondary N) is 1. The molecule has 0 saturated carbocycles. The van der Waals surface area contributed by atoms with Crippen molar-refractivity contribution in [3.8, 4) is 0 Å². The van der Waals surface area contributed by atoms with Crippen LogP contribution in [0.15, 0.2) is 66.7 Å². The first-order valence-electron chi connectivity index (χ1n) is 11.0. The Kier molecular flexibility index (Phi) is 6.17. The summed E-state index contributed by atoms with van der Waals surface area (Å²) in [5.41, 5.74) is 1.81. The summed E-state index contributed by atoms with van der Waals surface area (Å²) < 4.78 is 17.6. The number of nitrogens with zero attached hydrogens (tertiary/aromatic N) is 4. The van der Waals surface area contributed by atoms with E-state index >= 15 is 0 Å². The Morgan fingerprint density at radius 1 is 0.970 bits per heavy atom. The van der Waals surface area contributed by atoms with Crippen molar-refractivity contribution in [1.29, 1.82) is 0 Å². The number of aromatic nitrogens is 2. The SMILES string of the molecule is O=C(Nc1cccc2ccccc12)N1CCCN(c2nc(Cc3ccc(F)cc3)ns2)CC1. The fourth-order valence-corrected chi connectivity index (χ4v) is 4.81. The number of amides is 2. The molecule has 5 rings (SSSR count). The smallest absolute Gasteiger partial charge is 0.321 e. The summed E-state index contributed by atoms with van der Waals surface area (Å²) in [5, 5.41) is 6.09. The van der Waals surface area contributed by atoms with E-state index in [1.54, 1.807) is 12.1 Å². The molecular formula is C25H24FN5OS. The van der Waals surface area contributed by atoms with E-state index in [4.69, 9.17) is 0 Å². The van der Waals surface area contributed by atoms with Gasteiger partial charge < -0.3 is 15.1 Å². The van der Waals surface area contributed by atoms with Gasteiger partial charge in [0.15, 0.2) is 0 Å². The Hall–Kier alpha value is -3.52. The van der Waals surface area contributed by atoms with Gasteiger partial charge >= 0.3 is 6.03 Å². The van der Waals surface area contributed by atoms with Gasteiger partial charge in [-0.2, -0.15) is 4.37 Å². The predicted octanol–water partition coefficient (Wildman–Crippen LogP) is 5.17. The van der Waals surface area contributed by atoms with E-state index < -0.39 is 0 Å². The minimum Gasteiger partial charge on any atom is -0.345 e. The molecule has 0 atom stereocenters. The van der Waals surface area contributed by atoms with Crippen LogP contribution in [0.1, 0.15) is 17.8 Å². The monoisotopic (exact) mass is 461 g/mol. The van der Waals surface area contributed by atoms with Crippen molar-refractivity contribution in [1.82, 2.24) is 14.3 Å². The van der Waals surface area contributed by atoms with Crippen LogP contribution in [-0.2, 0) is 6.42 Å². The highest BCUT2D eigenvalue weighted by molar-refractivity contribution is 7.09. The van der Waals surface area contributed by atoms with Gasteiger partial charge in [-0.25, -0.2) is 14.2 Å². The van der Waals surface area contributed by atoms with Crippen LogP contribution < -0.4 is 10.2 Å². The van der Waals surface area contributed by atoms with Crippen molar-refractivity contribution in [3.05, 3.63) is 83.9 Å². The molecule has 168 valence electrons. The molecule has 0 unspecified atom stereocenters. The molecule has 1 aromatic heterocycles. The second-order valence-corrected chi connectivity index (χ2v) is 8.81. The van der Waals surface area contributed by atoms with Crippen LogP contribution in [-0.4, -0.2) is 46.5 Å². The van der Waals surface area contributed by atoms with Crippen LogP contribution >= 0.6 is 11.5 Å². The van der Waals surface area contributed by atoms with Crippen LogP contribution in [0, 0.1) is 5.82 Å². The molecule has 0 spiro atoms. The second kappa shape index (κ2) is 9.54. The van der Waals surface area contributed by atoms with Crippen molar-refractivity contribution in [2.45, 2.75) is 12.8 Å². The third kappa shape index (κ3) is 4.96. The number of carbonyl (C=O) groups is 1. The van der Waals surface area contributed by atoms with Crippen molar-refractivity contribution in [2.24, 2.45) is 0 Å². The lowest BCUT2D eigenvalue weighted by Crippen LogP contribution is -2.38. The molecule has 6 nitrogen and oxygen atoms in total. The summed E-state index contributed by atoms with van der Waals surface area (Å²) in [6, 6.07) is 20.3. The third-order valence-electron chi connectivity index (χ3n) is 5.82. The van der Waals surface area contributed by atoms with E-state index in [2.05, 4.69) is 19.6 Å². The van der Waals surface area contributed by atoms with Gasteiger partial charge in [0.1, 0.15) is 11.6 Å². The molecule has 8 heteroatoms. The van der Waals surface area contributed by atoms with E-state index in [-0.39, 0.29) is 11.8 Å². The number of benzene rings is 3. The highest BCUT2D eigenvalue weighted by Crippen LogP contribution is 2.24. The highest BCUT2D eigenvalue weighted by atomic mass is 32.1. The van der Waals surface area contributed by atoms with Gasteiger partial charge in [-0.1, -0.05) is 48.5 Å². The van der Waals surface area contributed by atoms with Crippen LogP contribution in [0.25, 0.3) is 10.8 Å². The molecule has 2 amide bonds. The van der Waals surface area contributed by atoms with Crippen LogP contribution in [0.5, 0.6) is 0 Å². The summed E-state index contributed by atoms with van der Waals surface area (Å²) in [7, 11) is 0. The molecular weight excluding hydrogens is 437 g/mol. The number of hydrogen-bond acceptors (Lipinski definition) is 5. The molecule has 1 N–H and O–H groups in total. The van der Waals surface area contributed by atoms with Gasteiger partial charge in [-0.3, -0.25) is 0 Å². The zero-order chi connectivity index (χ0) is 22.6. The first kappa shape index (κ1) is 21.3. The maximum absolute atomic E-state index is 13.1. The fraction of sp³-hybridized carbons (Fsp3) is 0.240. The number of rotatable bonds is 4. The van der Waals surface area contributed by atoms with Gasteiger partial charge in [-0.05, 0) is 35.6 Å². The summed E-state index contributed by atoms with van der Waals surface area (Å²) in [5.74, 6) is 0.487. The Morgan fingerprint density at radius 2 is 1.79 bits per heavy atom. The highest BCUT2D eigenvalue weighted by Gasteiger charge is 2.22. The summed E-state index contributed by atoms with van der Waals surface area (Å²) in [6.07, 6.45) is 1.43. The summed E-state index contributed by atoms with van der Waals surface area (Å²) in [4.78, 5) is 21.7. The van der Waals surface area contributed by atoms with E-state index in [0.29, 0.717) is 26.1 Å². The number of urea groups is 1. The van der Waals surface area contributed by atoms with E-state index in [0.717, 1.165) is 45.9 Å². The van der Waals surface area contributed by atoms with Gasteiger partial charge in [0.2, 0.25) is 5.13 Å². The van der Waals surface area contributed by atoms with Crippen molar-refractivity contribution < 1.29 is 9.18 Å². The van der Waals surface area contributed by atoms with Crippen LogP contribution in [0.4, 0.5) is 20.0 Å². The Bertz CT molecular complexity index is 1250. The van der Waals surface area contributed by atoms with Crippen molar-refractivity contribution >= 4 is 39.2 Å². The van der Waals surface area contributed by atoms with Gasteiger partial charge in [0, 0.05) is 49.5 Å². The summed E-state index contributed by atoms with van der Waals surface area (Å²) >= 11 is 1.37. The topological polar surface area (TPSA) is 61.4 Å². The minimum absolute atomic E-state index is 0.0811. The quantitative estimate of drug-likeness (QED) is 0.456. The first-order valence-corrected chi connectivity index (χ1v) is 11.8. The minimum atomic E-state index is -0.246. The van der Waals surface area contributed by atoms with Crippen molar-refractivity contribution in [3.63, 3.8) is 0 Å². The molecule has 0 bridgehead atoms. The zero-order valence-electron chi connectivity index (χ0n) is 18.1. The predicted molar refractivity (Wildman–Crippen MR) is 130 cm³/mol. The summed E-state index contributed by atoms with van der Waals surface area (Å²) in [6.45, 7) is 2.83. The maximum atomic E-state index is 13.1. The molecule has 3 aromatic carbocycles. The van der Waals surface area contributed by atoms with Crippen molar-refractivity contribution in [2.75, 3.05) is 36.4 Å². The zero-order valence-corrected chi connectivity index (χ0v) is 18.9. The Labute approximate surface area is 195 Å². The lowest BCUT2D eigenvalue weighted by atomic mass is 10.1. The number of fused-ring (bicyclic) bond motifs is 1. The molecule has 33 heavy (non-hydrogen) atoms. The molecule has 2 heterocycles. The third-order valence-corrected chi connectivity index (χ3v) is 6.63. The number of hydrogen-bond donors (Lipinski definition) is 1. The van der Waals surface area contributed by atoms with Gasteiger partial charge in [0.05, 0.1) is 5.69 Å². The van der Waals surface area contributed by atoms with E-state index in [9.17, 15) is 9.18 Å². The molecule has 4 aromatic rings. The average molecular weight is 462 g/mol. The van der Waals surface area contributed by atoms with Crippen LogP contribution in [0.3, 0.4) is 0 Å². The molecule has 0 radical (unpaired) electrons. The number of anilines is 2. The first-order chi connectivity index (χ1) is 16.2. The van der Waals surface area contributed by atoms with Gasteiger partial charge in [-0.15, -0.1) is 0 Å². The average Bonchev–Trinajstić information content (AvgIpc) is 3.15. The number of halogens is 1. The lowest BCUT2D eigenvalue weighted by Gasteiger charge is -2.22. The second-order valence-electron chi connectivity index (χ2n) is 8.08. The largest absolute Gasteiger partial charge is 0.345 e. The van der Waals surface area contributed by atoms with E-state index in [1.807, 2.05) is 47.4 Å². The van der Waals surface area contributed by atoms with E-state index in [1.165, 1.54) is 23.7 Å². The molecule has 1 saturated heterocycles. The molecule has 0 aliphatic carbocycles. The molecule has 1 aliphatic rings. The normalized spacial score (nSPS) is 14.3. The Morgan fingerprint density at radius 3 is 2.67 bits per heavy atom. The maximum Gasteiger partial charge on any atom is 0.321 e. The number of carbonyl (C=O) groups excluding carboxylic acids is 1. The van der Waals surface area contributed by atoms with Crippen LogP contribution in [0.2, 0.25) is 0 Å². The fourth-order valence-electron chi connectivity index (χ4n) is 4.07. The molecule has 1 fully saturated rings. The Balaban J connectivity index is 1.21. The van der Waals surface area contributed by atoms with Gasteiger partial charge in [0.25, 0.3) is 0 Å². The standard InChI is InChI=1S/C25H24FN5OS/c26-20-11-9-18(10-12-20)17-23-28-25(33-29-23)31-14-4-13-30(15-16-31)24(32)27-22-8-3-6-19-5-1-2-7-21(19)22/h1-3,5-12H,4,13-17H2,(H,27,32).